The van der Waals surface area contributed by atoms with E-state index >= 15 is 0 Å². The Morgan fingerprint density at radius 2 is 1.94 bits per heavy atom. The van der Waals surface area contributed by atoms with Crippen LogP contribution in [0.2, 0.25) is 5.02 Å². The Morgan fingerprint density at radius 3 is 2.67 bits per heavy atom. The second-order valence-corrected chi connectivity index (χ2v) is 4.26. The molecule has 92 valence electrons. The molecule has 0 aliphatic heterocycles. The number of phenols is 1. The van der Waals surface area contributed by atoms with Gasteiger partial charge in [0.15, 0.2) is 5.78 Å². The van der Waals surface area contributed by atoms with Crippen LogP contribution in [0.1, 0.15) is 15.9 Å². The van der Waals surface area contributed by atoms with Crippen molar-refractivity contribution in [2.45, 2.75) is 6.42 Å². The molecule has 0 unspecified atom stereocenters. The van der Waals surface area contributed by atoms with Crippen LogP contribution in [0.3, 0.4) is 0 Å². The zero-order valence-corrected chi connectivity index (χ0v) is 10.1. The Morgan fingerprint density at radius 1 is 1.22 bits per heavy atom. The first kappa shape index (κ1) is 12.6. The molecule has 0 aliphatic rings. The molecule has 0 saturated carbocycles. The summed E-state index contributed by atoms with van der Waals surface area (Å²) in [6, 6.07) is 10.2. The molecule has 0 aromatic heterocycles. The lowest BCUT2D eigenvalue weighted by atomic mass is 10.0. The van der Waals surface area contributed by atoms with Crippen LogP contribution in [0.4, 0.5) is 4.39 Å². The second-order valence-electron chi connectivity index (χ2n) is 3.85. The number of Topliss-reactive ketones (excluding diaryl/α,β-unsaturated/α-hetero) is 1. The van der Waals surface area contributed by atoms with Crippen molar-refractivity contribution in [3.8, 4) is 5.75 Å². The zero-order valence-electron chi connectivity index (χ0n) is 9.36. The monoisotopic (exact) mass is 264 g/mol. The maximum absolute atomic E-state index is 13.0. The molecule has 4 heteroatoms. The minimum atomic E-state index is -0.560. The number of ketones is 1. The van der Waals surface area contributed by atoms with Crippen molar-refractivity contribution in [3.63, 3.8) is 0 Å². The third-order valence-corrected chi connectivity index (χ3v) is 2.94. The molecule has 2 aromatic carbocycles. The summed E-state index contributed by atoms with van der Waals surface area (Å²) in [6.07, 6.45) is 0.0245. The number of hydrogen-bond donors (Lipinski definition) is 1. The standard InChI is InChI=1S/C14H10ClFO2/c15-12-4-2-1-3-9(12)7-14(18)11-8-10(16)5-6-13(11)17/h1-6,8,17H,7H2. The van der Waals surface area contributed by atoms with E-state index in [2.05, 4.69) is 0 Å². The van der Waals surface area contributed by atoms with Crippen molar-refractivity contribution in [2.75, 3.05) is 0 Å². The van der Waals surface area contributed by atoms with Gasteiger partial charge in [0.2, 0.25) is 0 Å². The Balaban J connectivity index is 2.28. The molecule has 0 amide bonds. The van der Waals surface area contributed by atoms with Crippen LogP contribution >= 0.6 is 11.6 Å². The van der Waals surface area contributed by atoms with Crippen LogP contribution < -0.4 is 0 Å². The van der Waals surface area contributed by atoms with Crippen molar-refractivity contribution < 1.29 is 14.3 Å². The highest BCUT2D eigenvalue weighted by Gasteiger charge is 2.14. The van der Waals surface area contributed by atoms with E-state index in [0.717, 1.165) is 18.2 Å². The van der Waals surface area contributed by atoms with Gasteiger partial charge in [-0.1, -0.05) is 29.8 Å². The predicted octanol–water partition coefficient (Wildman–Crippen LogP) is 3.61. The highest BCUT2D eigenvalue weighted by Crippen LogP contribution is 2.22. The third-order valence-electron chi connectivity index (χ3n) is 2.57. The Labute approximate surface area is 109 Å². The van der Waals surface area contributed by atoms with Gasteiger partial charge in [-0.25, -0.2) is 4.39 Å². The molecule has 0 radical (unpaired) electrons. The molecule has 0 saturated heterocycles. The van der Waals surface area contributed by atoms with Crippen molar-refractivity contribution in [1.82, 2.24) is 0 Å². The maximum Gasteiger partial charge on any atom is 0.171 e. The zero-order chi connectivity index (χ0) is 13.1. The van der Waals surface area contributed by atoms with Crippen LogP contribution in [0.25, 0.3) is 0 Å². The highest BCUT2D eigenvalue weighted by molar-refractivity contribution is 6.31. The summed E-state index contributed by atoms with van der Waals surface area (Å²) in [6.45, 7) is 0. The summed E-state index contributed by atoms with van der Waals surface area (Å²) in [7, 11) is 0. The molecule has 1 N–H and O–H groups in total. The molecule has 0 aliphatic carbocycles. The van der Waals surface area contributed by atoms with Gasteiger partial charge in [0.05, 0.1) is 5.56 Å². The Bertz CT molecular complexity index is 596. The third kappa shape index (κ3) is 2.68. The van der Waals surface area contributed by atoms with Crippen molar-refractivity contribution >= 4 is 17.4 Å². The predicted molar refractivity (Wildman–Crippen MR) is 67.6 cm³/mol. The van der Waals surface area contributed by atoms with E-state index < -0.39 is 5.82 Å². The summed E-state index contributed by atoms with van der Waals surface area (Å²) in [5.41, 5.74) is 0.614. The van der Waals surface area contributed by atoms with Crippen LogP contribution in [0.15, 0.2) is 42.5 Å². The lowest BCUT2D eigenvalue weighted by molar-refractivity contribution is 0.0990. The number of aromatic hydroxyl groups is 1. The van der Waals surface area contributed by atoms with Crippen LogP contribution in [-0.2, 0) is 6.42 Å². The smallest absolute Gasteiger partial charge is 0.171 e. The molecule has 0 heterocycles. The SMILES string of the molecule is O=C(Cc1ccccc1Cl)c1cc(F)ccc1O. The quantitative estimate of drug-likeness (QED) is 0.860. The second kappa shape index (κ2) is 5.19. The summed E-state index contributed by atoms with van der Waals surface area (Å²) in [4.78, 5) is 12.0. The van der Waals surface area contributed by atoms with Crippen molar-refractivity contribution in [1.29, 1.82) is 0 Å². The topological polar surface area (TPSA) is 37.3 Å². The van der Waals surface area contributed by atoms with Crippen LogP contribution in [0.5, 0.6) is 5.75 Å². The van der Waals surface area contributed by atoms with Gasteiger partial charge in [-0.3, -0.25) is 4.79 Å². The summed E-state index contributed by atoms with van der Waals surface area (Å²) >= 11 is 5.94. The number of hydrogen-bond acceptors (Lipinski definition) is 2. The average Bonchev–Trinajstić information content (AvgIpc) is 2.35. The van der Waals surface area contributed by atoms with Gasteiger partial charge in [-0.15, -0.1) is 0 Å². The first-order valence-electron chi connectivity index (χ1n) is 5.33. The van der Waals surface area contributed by atoms with Gasteiger partial charge >= 0.3 is 0 Å². The highest BCUT2D eigenvalue weighted by atomic mass is 35.5. The maximum atomic E-state index is 13.0. The number of rotatable bonds is 3. The largest absolute Gasteiger partial charge is 0.507 e. The summed E-state index contributed by atoms with van der Waals surface area (Å²) in [5.74, 6) is -1.16. The van der Waals surface area contributed by atoms with Gasteiger partial charge < -0.3 is 5.11 Å². The van der Waals surface area contributed by atoms with Gasteiger partial charge in [0.1, 0.15) is 11.6 Å². The van der Waals surface area contributed by atoms with Gasteiger partial charge in [0, 0.05) is 11.4 Å². The van der Waals surface area contributed by atoms with Crippen molar-refractivity contribution in [3.05, 3.63) is 64.4 Å². The molecule has 2 rings (SSSR count). The van der Waals surface area contributed by atoms with E-state index in [9.17, 15) is 14.3 Å². The first-order chi connectivity index (χ1) is 8.58. The van der Waals surface area contributed by atoms with Crippen LogP contribution in [-0.4, -0.2) is 10.9 Å². The average molecular weight is 265 g/mol. The van der Waals surface area contributed by atoms with E-state index in [1.807, 2.05) is 0 Å². The van der Waals surface area contributed by atoms with Gasteiger partial charge in [-0.05, 0) is 29.8 Å². The van der Waals surface area contributed by atoms with Gasteiger partial charge in [-0.2, -0.15) is 0 Å². The minimum Gasteiger partial charge on any atom is -0.507 e. The summed E-state index contributed by atoms with van der Waals surface area (Å²) < 4.78 is 13.0. The molecule has 2 aromatic rings. The molecule has 0 atom stereocenters. The fraction of sp³-hybridized carbons (Fsp3) is 0.0714. The lowest BCUT2D eigenvalue weighted by Gasteiger charge is -2.05. The Hall–Kier alpha value is -1.87. The molecular weight excluding hydrogens is 255 g/mol. The number of phenolic OH excluding ortho intramolecular Hbond substituents is 1. The molecule has 0 bridgehead atoms. The molecular formula is C14H10ClFO2. The van der Waals surface area contributed by atoms with E-state index in [-0.39, 0.29) is 23.5 Å². The van der Waals surface area contributed by atoms with E-state index in [4.69, 9.17) is 11.6 Å². The number of carbonyl (C=O) groups is 1. The molecule has 0 spiro atoms. The van der Waals surface area contributed by atoms with E-state index in [1.165, 1.54) is 0 Å². The molecule has 0 fully saturated rings. The summed E-state index contributed by atoms with van der Waals surface area (Å²) in [5, 5.41) is 10.0. The van der Waals surface area contributed by atoms with Gasteiger partial charge in [0.25, 0.3) is 0 Å². The normalized spacial score (nSPS) is 10.3. The van der Waals surface area contributed by atoms with Crippen molar-refractivity contribution in [2.24, 2.45) is 0 Å². The fourth-order valence-corrected chi connectivity index (χ4v) is 1.84. The fourth-order valence-electron chi connectivity index (χ4n) is 1.64. The van der Waals surface area contributed by atoms with Crippen LogP contribution in [0, 0.1) is 5.82 Å². The number of halogens is 2. The van der Waals surface area contributed by atoms with E-state index in [0.29, 0.717) is 10.6 Å². The minimum absolute atomic E-state index is 0.0245. The number of benzene rings is 2. The lowest BCUT2D eigenvalue weighted by Crippen LogP contribution is -2.04. The first-order valence-corrected chi connectivity index (χ1v) is 5.71. The molecule has 18 heavy (non-hydrogen) atoms. The van der Waals surface area contributed by atoms with E-state index in [1.54, 1.807) is 24.3 Å². The Kier molecular flexibility index (Phi) is 3.63. The number of carbonyl (C=O) groups excluding carboxylic acids is 1. The molecule has 2 nitrogen and oxygen atoms in total.